The summed E-state index contributed by atoms with van der Waals surface area (Å²) in [6.07, 6.45) is 0. The molecule has 1 saturated heterocycles. The normalized spacial score (nSPS) is 16.1. The van der Waals surface area contributed by atoms with Crippen LogP contribution in [0, 0.1) is 6.92 Å². The van der Waals surface area contributed by atoms with Crippen molar-refractivity contribution in [2.24, 2.45) is 5.73 Å². The minimum atomic E-state index is -0.813. The number of amides is 1. The molecule has 1 fully saturated rings. The Balaban J connectivity index is 2.12. The summed E-state index contributed by atoms with van der Waals surface area (Å²) in [7, 11) is 0. The molecule has 1 aromatic rings. The summed E-state index contributed by atoms with van der Waals surface area (Å²) in [6.45, 7) is 4.74. The predicted molar refractivity (Wildman–Crippen MR) is 76.0 cm³/mol. The largest absolute Gasteiger partial charge is 0.480 e. The van der Waals surface area contributed by atoms with Crippen LogP contribution in [0.1, 0.15) is 15.9 Å². The Hall–Kier alpha value is -2.08. The third-order valence-corrected chi connectivity index (χ3v) is 3.49. The van der Waals surface area contributed by atoms with Crippen LogP contribution in [0.15, 0.2) is 18.2 Å². The standard InChI is InChI=1S/C14H19N3O3/c1-10-2-3-11(14(15)20)12(8-10)17-6-4-16(5-7-17)9-13(18)19/h2-3,8H,4-7,9H2,1H3,(H2,15,20)(H,18,19). The van der Waals surface area contributed by atoms with Crippen molar-refractivity contribution in [3.05, 3.63) is 29.3 Å². The number of aryl methyl sites for hydroxylation is 1. The average molecular weight is 277 g/mol. The molecular formula is C14H19N3O3. The van der Waals surface area contributed by atoms with Crippen molar-refractivity contribution in [1.29, 1.82) is 0 Å². The summed E-state index contributed by atoms with van der Waals surface area (Å²) in [5.41, 5.74) is 7.83. The monoisotopic (exact) mass is 277 g/mol. The first-order valence-corrected chi connectivity index (χ1v) is 6.57. The maximum absolute atomic E-state index is 11.5. The van der Waals surface area contributed by atoms with Crippen LogP contribution in [0.4, 0.5) is 5.69 Å². The lowest BCUT2D eigenvalue weighted by atomic mass is 10.1. The number of hydrogen-bond acceptors (Lipinski definition) is 4. The molecule has 20 heavy (non-hydrogen) atoms. The van der Waals surface area contributed by atoms with Gasteiger partial charge in [-0.2, -0.15) is 0 Å². The second-order valence-electron chi connectivity index (χ2n) is 5.04. The van der Waals surface area contributed by atoms with Crippen molar-refractivity contribution >= 4 is 17.6 Å². The van der Waals surface area contributed by atoms with Gasteiger partial charge < -0.3 is 15.7 Å². The fourth-order valence-corrected chi connectivity index (χ4v) is 2.45. The molecule has 1 aromatic carbocycles. The number of aliphatic carboxylic acids is 1. The molecule has 6 nitrogen and oxygen atoms in total. The smallest absolute Gasteiger partial charge is 0.317 e. The molecule has 0 atom stereocenters. The number of carboxylic acid groups (broad SMARTS) is 1. The SMILES string of the molecule is Cc1ccc(C(N)=O)c(N2CCN(CC(=O)O)CC2)c1. The van der Waals surface area contributed by atoms with Crippen LogP contribution < -0.4 is 10.6 Å². The van der Waals surface area contributed by atoms with E-state index in [0.717, 1.165) is 11.3 Å². The van der Waals surface area contributed by atoms with Gasteiger partial charge in [-0.15, -0.1) is 0 Å². The van der Waals surface area contributed by atoms with Crippen molar-refractivity contribution in [3.8, 4) is 0 Å². The number of nitrogens with zero attached hydrogens (tertiary/aromatic N) is 2. The molecule has 2 rings (SSSR count). The number of carboxylic acids is 1. The highest BCUT2D eigenvalue weighted by Gasteiger charge is 2.21. The van der Waals surface area contributed by atoms with Crippen LogP contribution in [-0.2, 0) is 4.79 Å². The van der Waals surface area contributed by atoms with Gasteiger partial charge in [0.15, 0.2) is 0 Å². The van der Waals surface area contributed by atoms with E-state index in [1.807, 2.05) is 24.0 Å². The van der Waals surface area contributed by atoms with Crippen molar-refractivity contribution in [2.75, 3.05) is 37.6 Å². The molecule has 3 N–H and O–H groups in total. The number of benzene rings is 1. The van der Waals surface area contributed by atoms with E-state index in [1.54, 1.807) is 6.07 Å². The Bertz CT molecular complexity index is 522. The van der Waals surface area contributed by atoms with Crippen LogP contribution in [0.25, 0.3) is 0 Å². The second-order valence-corrected chi connectivity index (χ2v) is 5.04. The van der Waals surface area contributed by atoms with Crippen LogP contribution in [0.3, 0.4) is 0 Å². The summed E-state index contributed by atoms with van der Waals surface area (Å²) in [5, 5.41) is 8.79. The molecule has 0 unspecified atom stereocenters. The van der Waals surface area contributed by atoms with E-state index in [2.05, 4.69) is 4.90 Å². The zero-order valence-corrected chi connectivity index (χ0v) is 11.5. The lowest BCUT2D eigenvalue weighted by Gasteiger charge is -2.36. The number of rotatable bonds is 4. The van der Waals surface area contributed by atoms with E-state index in [9.17, 15) is 9.59 Å². The molecule has 1 aliphatic rings. The summed E-state index contributed by atoms with van der Waals surface area (Å²) in [4.78, 5) is 26.2. The first kappa shape index (κ1) is 14.3. The molecular weight excluding hydrogens is 258 g/mol. The highest BCUT2D eigenvalue weighted by atomic mass is 16.4. The molecule has 1 amide bonds. The van der Waals surface area contributed by atoms with E-state index in [4.69, 9.17) is 10.8 Å². The first-order valence-electron chi connectivity index (χ1n) is 6.57. The molecule has 1 heterocycles. The highest BCUT2D eigenvalue weighted by molar-refractivity contribution is 5.98. The third kappa shape index (κ3) is 3.27. The maximum Gasteiger partial charge on any atom is 0.317 e. The topological polar surface area (TPSA) is 86.9 Å². The number of anilines is 1. The quantitative estimate of drug-likeness (QED) is 0.826. The number of hydrogen-bond donors (Lipinski definition) is 2. The van der Waals surface area contributed by atoms with Gasteiger partial charge in [-0.3, -0.25) is 14.5 Å². The van der Waals surface area contributed by atoms with Gasteiger partial charge in [0.25, 0.3) is 5.91 Å². The van der Waals surface area contributed by atoms with Gasteiger partial charge >= 0.3 is 5.97 Å². The van der Waals surface area contributed by atoms with Crippen LogP contribution in [-0.4, -0.2) is 54.6 Å². The van der Waals surface area contributed by atoms with Crippen molar-refractivity contribution < 1.29 is 14.7 Å². The van der Waals surface area contributed by atoms with Crippen LogP contribution in [0.2, 0.25) is 0 Å². The first-order chi connectivity index (χ1) is 9.47. The van der Waals surface area contributed by atoms with Crippen molar-refractivity contribution in [3.63, 3.8) is 0 Å². The van der Waals surface area contributed by atoms with E-state index >= 15 is 0 Å². The Morgan fingerprint density at radius 2 is 1.90 bits per heavy atom. The molecule has 0 bridgehead atoms. The van der Waals surface area contributed by atoms with Crippen LogP contribution >= 0.6 is 0 Å². The summed E-state index contributed by atoms with van der Waals surface area (Å²) in [6, 6.07) is 5.56. The fraction of sp³-hybridized carbons (Fsp3) is 0.429. The molecule has 6 heteroatoms. The van der Waals surface area contributed by atoms with E-state index < -0.39 is 11.9 Å². The molecule has 0 spiro atoms. The minimum absolute atomic E-state index is 0.0599. The van der Waals surface area contributed by atoms with E-state index in [0.29, 0.717) is 31.7 Å². The number of piperazine rings is 1. The fourth-order valence-electron chi connectivity index (χ4n) is 2.45. The highest BCUT2D eigenvalue weighted by Crippen LogP contribution is 2.23. The van der Waals surface area contributed by atoms with Gasteiger partial charge in [-0.25, -0.2) is 0 Å². The van der Waals surface area contributed by atoms with Gasteiger partial charge in [-0.1, -0.05) is 6.07 Å². The van der Waals surface area contributed by atoms with Crippen molar-refractivity contribution in [2.45, 2.75) is 6.92 Å². The van der Waals surface area contributed by atoms with E-state index in [-0.39, 0.29) is 6.54 Å². The predicted octanol–water partition coefficient (Wildman–Crippen LogP) is 0.301. The van der Waals surface area contributed by atoms with Gasteiger partial charge in [0.2, 0.25) is 0 Å². The summed E-state index contributed by atoms with van der Waals surface area (Å²) >= 11 is 0. The molecule has 108 valence electrons. The van der Waals surface area contributed by atoms with Gasteiger partial charge in [0.1, 0.15) is 0 Å². The number of carbonyl (C=O) groups is 2. The lowest BCUT2D eigenvalue weighted by Crippen LogP contribution is -2.48. The minimum Gasteiger partial charge on any atom is -0.480 e. The van der Waals surface area contributed by atoms with Gasteiger partial charge in [0, 0.05) is 31.9 Å². The molecule has 0 aliphatic carbocycles. The van der Waals surface area contributed by atoms with E-state index in [1.165, 1.54) is 0 Å². The van der Waals surface area contributed by atoms with Gasteiger partial charge in [-0.05, 0) is 24.6 Å². The Labute approximate surface area is 117 Å². The lowest BCUT2D eigenvalue weighted by molar-refractivity contribution is -0.138. The Morgan fingerprint density at radius 1 is 1.25 bits per heavy atom. The second kappa shape index (κ2) is 5.92. The average Bonchev–Trinajstić information content (AvgIpc) is 2.38. The van der Waals surface area contributed by atoms with Crippen molar-refractivity contribution in [1.82, 2.24) is 4.90 Å². The third-order valence-electron chi connectivity index (χ3n) is 3.49. The zero-order chi connectivity index (χ0) is 14.7. The number of carbonyl (C=O) groups excluding carboxylic acids is 1. The molecule has 0 aromatic heterocycles. The molecule has 0 radical (unpaired) electrons. The number of primary amides is 1. The summed E-state index contributed by atoms with van der Waals surface area (Å²) in [5.74, 6) is -1.25. The zero-order valence-electron chi connectivity index (χ0n) is 11.5. The van der Waals surface area contributed by atoms with Crippen LogP contribution in [0.5, 0.6) is 0 Å². The maximum atomic E-state index is 11.5. The summed E-state index contributed by atoms with van der Waals surface area (Å²) < 4.78 is 0. The Kier molecular flexibility index (Phi) is 4.24. The molecule has 1 aliphatic heterocycles. The Morgan fingerprint density at radius 3 is 2.45 bits per heavy atom. The number of nitrogens with two attached hydrogens (primary N) is 1. The van der Waals surface area contributed by atoms with Gasteiger partial charge in [0.05, 0.1) is 12.1 Å². The molecule has 0 saturated carbocycles.